The molecule has 0 fully saturated rings. The van der Waals surface area contributed by atoms with E-state index in [1.165, 1.54) is 4.90 Å². The van der Waals surface area contributed by atoms with E-state index in [1.807, 2.05) is 36.4 Å². The zero-order chi connectivity index (χ0) is 19.1. The Balaban J connectivity index is 1.41. The lowest BCUT2D eigenvalue weighted by Crippen LogP contribution is -2.42. The highest BCUT2D eigenvalue weighted by atomic mass is 16.5. The lowest BCUT2D eigenvalue weighted by atomic mass is 10.1. The molecule has 1 heterocycles. The minimum absolute atomic E-state index is 0.00237. The second kappa shape index (κ2) is 8.84. The van der Waals surface area contributed by atoms with Crippen molar-refractivity contribution in [2.75, 3.05) is 23.3 Å². The summed E-state index contributed by atoms with van der Waals surface area (Å²) in [6, 6.07) is 16.6. The van der Waals surface area contributed by atoms with Gasteiger partial charge in [0, 0.05) is 13.0 Å². The van der Waals surface area contributed by atoms with Crippen molar-refractivity contribution >= 4 is 29.3 Å². The van der Waals surface area contributed by atoms with Crippen molar-refractivity contribution in [1.82, 2.24) is 5.32 Å². The maximum Gasteiger partial charge on any atom is 0.407 e. The van der Waals surface area contributed by atoms with Crippen molar-refractivity contribution in [2.24, 2.45) is 0 Å². The van der Waals surface area contributed by atoms with Gasteiger partial charge in [0.2, 0.25) is 11.8 Å². The van der Waals surface area contributed by atoms with Crippen LogP contribution in [0.4, 0.5) is 16.2 Å². The Kier molecular flexibility index (Phi) is 6.04. The molecule has 0 radical (unpaired) electrons. The molecule has 27 heavy (non-hydrogen) atoms. The van der Waals surface area contributed by atoms with Gasteiger partial charge < -0.3 is 20.3 Å². The van der Waals surface area contributed by atoms with Gasteiger partial charge in [0.1, 0.15) is 13.2 Å². The molecule has 2 N–H and O–H groups in total. The first-order chi connectivity index (χ1) is 13.1. The van der Waals surface area contributed by atoms with E-state index in [9.17, 15) is 14.4 Å². The zero-order valence-electron chi connectivity index (χ0n) is 14.8. The molecule has 1 aliphatic heterocycles. The Bertz CT molecular complexity index is 823. The fourth-order valence-corrected chi connectivity index (χ4v) is 2.79. The summed E-state index contributed by atoms with van der Waals surface area (Å²) in [7, 11) is 0. The molecule has 0 saturated carbocycles. The number of carbonyl (C=O) groups excluding carboxylic acids is 3. The largest absolute Gasteiger partial charge is 0.445 e. The van der Waals surface area contributed by atoms with E-state index in [0.717, 1.165) is 5.56 Å². The number of anilines is 2. The van der Waals surface area contributed by atoms with Crippen LogP contribution < -0.4 is 15.5 Å². The van der Waals surface area contributed by atoms with Crippen molar-refractivity contribution in [2.45, 2.75) is 19.4 Å². The summed E-state index contributed by atoms with van der Waals surface area (Å²) < 4.78 is 5.11. The molecule has 140 valence electrons. The third kappa shape index (κ3) is 5.07. The molecule has 7 heteroatoms. The smallest absolute Gasteiger partial charge is 0.407 e. The van der Waals surface area contributed by atoms with Crippen LogP contribution in [0.1, 0.15) is 18.4 Å². The lowest BCUT2D eigenvalue weighted by Gasteiger charge is -2.29. The summed E-state index contributed by atoms with van der Waals surface area (Å²) >= 11 is 0. The van der Waals surface area contributed by atoms with E-state index < -0.39 is 6.09 Å². The highest BCUT2D eigenvalue weighted by Gasteiger charge is 2.25. The third-order valence-electron chi connectivity index (χ3n) is 4.12. The molecular formula is C20H21N3O4. The summed E-state index contributed by atoms with van der Waals surface area (Å²) in [6.45, 7) is 0.523. The van der Waals surface area contributed by atoms with E-state index >= 15 is 0 Å². The van der Waals surface area contributed by atoms with Crippen LogP contribution in [0.25, 0.3) is 0 Å². The first-order valence-corrected chi connectivity index (χ1v) is 8.77. The van der Waals surface area contributed by atoms with Crippen LogP contribution in [0.15, 0.2) is 54.6 Å². The topological polar surface area (TPSA) is 87.7 Å². The van der Waals surface area contributed by atoms with Gasteiger partial charge in [-0.15, -0.1) is 0 Å². The quantitative estimate of drug-likeness (QED) is 0.769. The van der Waals surface area contributed by atoms with Gasteiger partial charge in [0.25, 0.3) is 0 Å². The molecule has 0 atom stereocenters. The average molecular weight is 367 g/mol. The number of carbonyl (C=O) groups is 3. The van der Waals surface area contributed by atoms with Crippen LogP contribution in [0, 0.1) is 0 Å². The van der Waals surface area contributed by atoms with E-state index in [0.29, 0.717) is 24.3 Å². The Labute approximate surface area is 157 Å². The Morgan fingerprint density at radius 3 is 2.63 bits per heavy atom. The van der Waals surface area contributed by atoms with Gasteiger partial charge in [-0.25, -0.2) is 4.79 Å². The van der Waals surface area contributed by atoms with Crippen LogP contribution in [-0.2, 0) is 20.9 Å². The van der Waals surface area contributed by atoms with Gasteiger partial charge >= 0.3 is 6.09 Å². The normalized spacial score (nSPS) is 12.7. The number of benzene rings is 2. The van der Waals surface area contributed by atoms with E-state index in [-0.39, 0.29) is 31.4 Å². The zero-order valence-corrected chi connectivity index (χ0v) is 14.8. The summed E-state index contributed by atoms with van der Waals surface area (Å²) in [6.07, 6.45) is 0.161. The average Bonchev–Trinajstić information content (AvgIpc) is 2.69. The highest BCUT2D eigenvalue weighted by molar-refractivity contribution is 6.09. The van der Waals surface area contributed by atoms with Gasteiger partial charge in [0.05, 0.1) is 11.4 Å². The first kappa shape index (κ1) is 18.4. The van der Waals surface area contributed by atoms with Gasteiger partial charge in [-0.05, 0) is 24.1 Å². The monoisotopic (exact) mass is 367 g/mol. The van der Waals surface area contributed by atoms with Gasteiger partial charge in [-0.1, -0.05) is 42.5 Å². The van der Waals surface area contributed by atoms with E-state index in [2.05, 4.69) is 10.6 Å². The summed E-state index contributed by atoms with van der Waals surface area (Å²) in [5.41, 5.74) is 2.23. The van der Waals surface area contributed by atoms with E-state index in [1.54, 1.807) is 18.2 Å². The van der Waals surface area contributed by atoms with Crippen molar-refractivity contribution in [3.05, 3.63) is 60.2 Å². The standard InChI is InChI=1S/C20H21N3O4/c24-18-13-23(17-10-5-4-9-16(17)22-18)19(25)11-6-12-21-20(26)27-14-15-7-2-1-3-8-15/h1-5,7-10H,6,11-14H2,(H,21,26)(H,22,24). The predicted molar refractivity (Wildman–Crippen MR) is 101 cm³/mol. The lowest BCUT2D eigenvalue weighted by molar-refractivity contribution is -0.122. The summed E-state index contributed by atoms with van der Waals surface area (Å²) in [4.78, 5) is 37.4. The van der Waals surface area contributed by atoms with Crippen molar-refractivity contribution < 1.29 is 19.1 Å². The molecule has 3 amide bonds. The number of fused-ring (bicyclic) bond motifs is 1. The summed E-state index contributed by atoms with van der Waals surface area (Å²) in [5.74, 6) is -0.374. The maximum absolute atomic E-state index is 12.5. The first-order valence-electron chi connectivity index (χ1n) is 8.77. The van der Waals surface area contributed by atoms with Gasteiger partial charge in [-0.2, -0.15) is 0 Å². The van der Waals surface area contributed by atoms with Crippen molar-refractivity contribution in [3.63, 3.8) is 0 Å². The number of alkyl carbamates (subject to hydrolysis) is 1. The molecule has 0 aliphatic carbocycles. The van der Waals surface area contributed by atoms with Crippen LogP contribution >= 0.6 is 0 Å². The second-order valence-electron chi connectivity index (χ2n) is 6.14. The van der Waals surface area contributed by atoms with Crippen LogP contribution in [0.5, 0.6) is 0 Å². The molecule has 0 bridgehead atoms. The van der Waals surface area contributed by atoms with Crippen LogP contribution in [0.3, 0.4) is 0 Å². The second-order valence-corrected chi connectivity index (χ2v) is 6.14. The van der Waals surface area contributed by atoms with Crippen LogP contribution in [0.2, 0.25) is 0 Å². The molecule has 0 unspecified atom stereocenters. The minimum Gasteiger partial charge on any atom is -0.445 e. The Morgan fingerprint density at radius 1 is 1.07 bits per heavy atom. The van der Waals surface area contributed by atoms with Gasteiger partial charge in [0.15, 0.2) is 0 Å². The molecular weight excluding hydrogens is 346 g/mol. The molecule has 0 spiro atoms. The Hall–Kier alpha value is -3.35. The number of ether oxygens (including phenoxy) is 1. The molecule has 3 rings (SSSR count). The molecule has 7 nitrogen and oxygen atoms in total. The van der Waals surface area contributed by atoms with Crippen molar-refractivity contribution in [1.29, 1.82) is 0 Å². The Morgan fingerprint density at radius 2 is 1.81 bits per heavy atom. The SMILES string of the molecule is O=C1CN(C(=O)CCCNC(=O)OCc2ccccc2)c2ccccc2N1. The maximum atomic E-state index is 12.5. The van der Waals surface area contributed by atoms with Crippen LogP contribution in [-0.4, -0.2) is 31.0 Å². The number of para-hydroxylation sites is 2. The molecule has 0 saturated heterocycles. The molecule has 1 aliphatic rings. The minimum atomic E-state index is -0.519. The highest BCUT2D eigenvalue weighted by Crippen LogP contribution is 2.29. The number of amides is 3. The molecule has 0 aromatic heterocycles. The van der Waals surface area contributed by atoms with Crippen molar-refractivity contribution in [3.8, 4) is 0 Å². The fraction of sp³-hybridized carbons (Fsp3) is 0.250. The predicted octanol–water partition coefficient (Wildman–Crippen LogP) is 2.68. The summed E-state index contributed by atoms with van der Waals surface area (Å²) in [5, 5.41) is 5.38. The fourth-order valence-electron chi connectivity index (χ4n) is 2.79. The van der Waals surface area contributed by atoms with Gasteiger partial charge in [-0.3, -0.25) is 9.59 Å². The number of rotatable bonds is 6. The number of hydrogen-bond donors (Lipinski definition) is 2. The number of nitrogens with one attached hydrogen (secondary N) is 2. The number of hydrogen-bond acceptors (Lipinski definition) is 4. The third-order valence-corrected chi connectivity index (χ3v) is 4.12. The molecule has 2 aromatic rings. The van der Waals surface area contributed by atoms with E-state index in [4.69, 9.17) is 4.74 Å². The molecule has 2 aromatic carbocycles. The number of nitrogens with zero attached hydrogens (tertiary/aromatic N) is 1.